The van der Waals surface area contributed by atoms with Crippen LogP contribution in [0, 0.1) is 0 Å². The standard InChI is InChI=1S/C21H27NO7S/c1-20(2,14-6-8-15-7-4-5-9-18(15)27-3)22-19-21(24,29-30(25,26)28-19)16-10-12-17(23)13-11-16/h4-5,7,9-13,19,22-24H,6,8,14H2,1-3H3. The smallest absolute Gasteiger partial charge is 0.404 e. The zero-order chi connectivity index (χ0) is 22.0. The minimum absolute atomic E-state index is 0.0229. The van der Waals surface area contributed by atoms with Crippen LogP contribution < -0.4 is 10.1 Å². The summed E-state index contributed by atoms with van der Waals surface area (Å²) in [6, 6.07) is 13.2. The quantitative estimate of drug-likeness (QED) is 0.577. The van der Waals surface area contributed by atoms with Crippen molar-refractivity contribution in [1.29, 1.82) is 0 Å². The number of benzene rings is 2. The zero-order valence-corrected chi connectivity index (χ0v) is 18.0. The van der Waals surface area contributed by atoms with Crippen molar-refractivity contribution in [3.63, 3.8) is 0 Å². The summed E-state index contributed by atoms with van der Waals surface area (Å²) in [5.74, 6) is -1.46. The van der Waals surface area contributed by atoms with Crippen LogP contribution in [0.15, 0.2) is 48.5 Å². The number of para-hydroxylation sites is 1. The van der Waals surface area contributed by atoms with Gasteiger partial charge in [-0.2, -0.15) is 8.42 Å². The normalized spacial score (nSPS) is 23.4. The van der Waals surface area contributed by atoms with E-state index in [4.69, 9.17) is 13.1 Å². The molecule has 1 aliphatic rings. The number of phenolic OH excluding ortho intramolecular Hbond substituents is 1. The van der Waals surface area contributed by atoms with E-state index in [1.807, 2.05) is 38.1 Å². The van der Waals surface area contributed by atoms with Crippen molar-refractivity contribution in [2.75, 3.05) is 7.11 Å². The maximum Gasteiger partial charge on any atom is 0.404 e. The summed E-state index contributed by atoms with van der Waals surface area (Å²) in [6.45, 7) is 3.78. The van der Waals surface area contributed by atoms with E-state index in [1.54, 1.807) is 7.11 Å². The van der Waals surface area contributed by atoms with Crippen molar-refractivity contribution in [3.05, 3.63) is 59.7 Å². The Morgan fingerprint density at radius 3 is 2.50 bits per heavy atom. The molecule has 30 heavy (non-hydrogen) atoms. The number of hydrogen-bond acceptors (Lipinski definition) is 8. The van der Waals surface area contributed by atoms with Crippen molar-refractivity contribution < 1.29 is 31.7 Å². The molecule has 0 aromatic heterocycles. The fraction of sp³-hybridized carbons (Fsp3) is 0.429. The lowest BCUT2D eigenvalue weighted by Gasteiger charge is -2.34. The first kappa shape index (κ1) is 22.5. The van der Waals surface area contributed by atoms with Crippen LogP contribution in [0.25, 0.3) is 0 Å². The van der Waals surface area contributed by atoms with Crippen molar-refractivity contribution in [2.45, 2.75) is 50.7 Å². The maximum atomic E-state index is 11.9. The first-order chi connectivity index (χ1) is 14.0. The third kappa shape index (κ3) is 5.11. The summed E-state index contributed by atoms with van der Waals surface area (Å²) < 4.78 is 39.1. The molecule has 2 aromatic carbocycles. The van der Waals surface area contributed by atoms with E-state index < -0.39 is 28.0 Å². The summed E-state index contributed by atoms with van der Waals surface area (Å²) in [5.41, 5.74) is 0.643. The predicted octanol–water partition coefficient (Wildman–Crippen LogP) is 2.55. The molecule has 164 valence electrons. The summed E-state index contributed by atoms with van der Waals surface area (Å²) >= 11 is 0. The minimum atomic E-state index is -4.40. The highest BCUT2D eigenvalue weighted by molar-refractivity contribution is 7.82. The van der Waals surface area contributed by atoms with E-state index in [0.717, 1.165) is 24.2 Å². The number of phenols is 1. The van der Waals surface area contributed by atoms with Gasteiger partial charge in [0.25, 0.3) is 5.79 Å². The van der Waals surface area contributed by atoms with Crippen LogP contribution in [0.3, 0.4) is 0 Å². The molecule has 0 amide bonds. The van der Waals surface area contributed by atoms with Crippen molar-refractivity contribution in [2.24, 2.45) is 0 Å². The molecule has 8 nitrogen and oxygen atoms in total. The van der Waals surface area contributed by atoms with Crippen molar-refractivity contribution in [3.8, 4) is 11.5 Å². The minimum Gasteiger partial charge on any atom is -0.508 e. The number of aliphatic hydroxyl groups is 1. The van der Waals surface area contributed by atoms with Crippen LogP contribution in [0.1, 0.15) is 37.8 Å². The Labute approximate surface area is 176 Å². The Balaban J connectivity index is 1.71. The number of nitrogens with one attached hydrogen (secondary N) is 1. The Morgan fingerprint density at radius 1 is 1.17 bits per heavy atom. The third-order valence-electron chi connectivity index (χ3n) is 5.04. The maximum absolute atomic E-state index is 11.9. The van der Waals surface area contributed by atoms with Crippen LogP contribution >= 0.6 is 0 Å². The molecule has 1 heterocycles. The molecule has 0 aliphatic carbocycles. The van der Waals surface area contributed by atoms with Crippen LogP contribution in [0.2, 0.25) is 0 Å². The molecule has 1 aliphatic heterocycles. The van der Waals surface area contributed by atoms with Crippen molar-refractivity contribution in [1.82, 2.24) is 5.32 Å². The number of hydrogen-bond donors (Lipinski definition) is 3. The molecule has 3 rings (SSSR count). The molecular formula is C21H27NO7S. The highest BCUT2D eigenvalue weighted by Crippen LogP contribution is 2.38. The average Bonchev–Trinajstić information content (AvgIpc) is 2.90. The lowest BCUT2D eigenvalue weighted by atomic mass is 9.93. The SMILES string of the molecule is COc1ccccc1CCCC(C)(C)NC1OS(=O)(=O)OC1(O)c1ccc(O)cc1. The van der Waals surface area contributed by atoms with E-state index >= 15 is 0 Å². The fourth-order valence-electron chi connectivity index (χ4n) is 3.48. The molecule has 9 heteroatoms. The van der Waals surface area contributed by atoms with Crippen LogP contribution in [0.5, 0.6) is 11.5 Å². The van der Waals surface area contributed by atoms with E-state index in [-0.39, 0.29) is 11.3 Å². The predicted molar refractivity (Wildman–Crippen MR) is 110 cm³/mol. The van der Waals surface area contributed by atoms with Crippen molar-refractivity contribution >= 4 is 10.4 Å². The summed E-state index contributed by atoms with van der Waals surface area (Å²) in [5, 5.41) is 23.5. The molecule has 1 saturated heterocycles. The molecule has 3 N–H and O–H groups in total. The van der Waals surface area contributed by atoms with Gasteiger partial charge in [-0.3, -0.25) is 5.32 Å². The number of rotatable bonds is 8. The third-order valence-corrected chi connectivity index (χ3v) is 5.93. The van der Waals surface area contributed by atoms with Gasteiger partial charge >= 0.3 is 10.4 Å². The highest BCUT2D eigenvalue weighted by Gasteiger charge is 2.55. The topological polar surface area (TPSA) is 114 Å². The molecule has 2 atom stereocenters. The van der Waals surface area contributed by atoms with Gasteiger partial charge in [-0.15, -0.1) is 0 Å². The number of aryl methyl sites for hydroxylation is 1. The monoisotopic (exact) mass is 437 g/mol. The van der Waals surface area contributed by atoms with Gasteiger partial charge in [0.2, 0.25) is 0 Å². The Morgan fingerprint density at radius 2 is 1.83 bits per heavy atom. The van der Waals surface area contributed by atoms with Gasteiger partial charge in [0, 0.05) is 11.1 Å². The second-order valence-electron chi connectivity index (χ2n) is 7.90. The van der Waals surface area contributed by atoms with E-state index in [2.05, 4.69) is 5.32 Å². The largest absolute Gasteiger partial charge is 0.508 e. The molecule has 0 saturated carbocycles. The van der Waals surface area contributed by atoms with Gasteiger partial charge < -0.3 is 14.9 Å². The molecule has 0 spiro atoms. The lowest BCUT2D eigenvalue weighted by Crippen LogP contribution is -2.54. The average molecular weight is 438 g/mol. The van der Waals surface area contributed by atoms with Gasteiger partial charge in [-0.25, -0.2) is 8.37 Å². The first-order valence-electron chi connectivity index (χ1n) is 9.60. The second-order valence-corrected chi connectivity index (χ2v) is 9.08. The molecule has 0 radical (unpaired) electrons. The van der Waals surface area contributed by atoms with Crippen LogP contribution in [-0.2, 0) is 31.0 Å². The van der Waals surface area contributed by atoms with Gasteiger partial charge in [0.05, 0.1) is 7.11 Å². The number of aromatic hydroxyl groups is 1. The van der Waals surface area contributed by atoms with E-state index in [9.17, 15) is 18.6 Å². The van der Waals surface area contributed by atoms with Gasteiger partial charge in [0.15, 0.2) is 6.23 Å². The fourth-order valence-corrected chi connectivity index (χ4v) is 4.43. The molecule has 0 bridgehead atoms. The molecular weight excluding hydrogens is 410 g/mol. The Bertz CT molecular complexity index is 975. The van der Waals surface area contributed by atoms with E-state index in [0.29, 0.717) is 6.42 Å². The van der Waals surface area contributed by atoms with Gasteiger partial charge in [-0.1, -0.05) is 18.2 Å². The van der Waals surface area contributed by atoms with Crippen LogP contribution in [0.4, 0.5) is 0 Å². The Hall–Kier alpha value is -2.17. The highest BCUT2D eigenvalue weighted by atomic mass is 32.3. The van der Waals surface area contributed by atoms with Crippen LogP contribution in [-0.4, -0.2) is 37.5 Å². The molecule has 2 unspecified atom stereocenters. The zero-order valence-electron chi connectivity index (χ0n) is 17.2. The first-order valence-corrected chi connectivity index (χ1v) is 10.9. The summed E-state index contributed by atoms with van der Waals surface area (Å²) in [6.07, 6.45) is 0.875. The van der Waals surface area contributed by atoms with Gasteiger partial charge in [-0.05, 0) is 69.0 Å². The van der Waals surface area contributed by atoms with E-state index in [1.165, 1.54) is 24.3 Å². The summed E-state index contributed by atoms with van der Waals surface area (Å²) in [4.78, 5) is 0. The van der Waals surface area contributed by atoms with Gasteiger partial charge in [0.1, 0.15) is 11.5 Å². The molecule has 2 aromatic rings. The number of methoxy groups -OCH3 is 1. The second kappa shape index (κ2) is 8.52. The Kier molecular flexibility index (Phi) is 6.40. The lowest BCUT2D eigenvalue weighted by molar-refractivity contribution is -0.178. The summed E-state index contributed by atoms with van der Waals surface area (Å²) in [7, 11) is -2.77. The number of ether oxygens (including phenoxy) is 1. The molecule has 1 fully saturated rings.